The Labute approximate surface area is 113 Å². The monoisotopic (exact) mass is 260 g/mol. The van der Waals surface area contributed by atoms with Crippen molar-refractivity contribution in [3.63, 3.8) is 0 Å². The molecule has 1 heterocycles. The number of carbonyl (C=O) groups is 1. The highest BCUT2D eigenvalue weighted by molar-refractivity contribution is 5.82. The Balaban J connectivity index is 1.87. The summed E-state index contributed by atoms with van der Waals surface area (Å²) < 4.78 is 5.45. The highest BCUT2D eigenvalue weighted by Gasteiger charge is 2.08. The minimum Gasteiger partial charge on any atom is -0.464 e. The molecule has 1 unspecified atom stereocenters. The van der Waals surface area contributed by atoms with E-state index >= 15 is 0 Å². The quantitative estimate of drug-likeness (QED) is 0.835. The topological polar surface area (TPSA) is 68.3 Å². The molecule has 2 aromatic rings. The second-order valence-corrected chi connectivity index (χ2v) is 4.90. The number of benzene rings is 1. The lowest BCUT2D eigenvalue weighted by Crippen LogP contribution is -2.31. The molecule has 0 spiro atoms. The van der Waals surface area contributed by atoms with Gasteiger partial charge in [0.1, 0.15) is 5.58 Å². The first kappa shape index (κ1) is 13.6. The smallest absolute Gasteiger partial charge is 0.220 e. The Morgan fingerprint density at radius 3 is 3.00 bits per heavy atom. The molecule has 0 aliphatic rings. The van der Waals surface area contributed by atoms with E-state index in [2.05, 4.69) is 5.32 Å². The predicted octanol–water partition coefficient (Wildman–Crippen LogP) is 2.08. The van der Waals surface area contributed by atoms with E-state index in [1.807, 2.05) is 31.2 Å². The number of hydrogen-bond acceptors (Lipinski definition) is 3. The first-order chi connectivity index (χ1) is 9.20. The molecule has 0 saturated carbocycles. The zero-order chi connectivity index (χ0) is 13.7. The van der Waals surface area contributed by atoms with Gasteiger partial charge >= 0.3 is 0 Å². The van der Waals surface area contributed by atoms with Crippen molar-refractivity contribution in [2.45, 2.75) is 19.8 Å². The summed E-state index contributed by atoms with van der Waals surface area (Å²) in [7, 11) is 0. The van der Waals surface area contributed by atoms with Crippen LogP contribution in [0, 0.1) is 5.92 Å². The molecule has 1 amide bonds. The van der Waals surface area contributed by atoms with Crippen molar-refractivity contribution < 1.29 is 9.21 Å². The molecule has 3 N–H and O–H groups in total. The molecule has 4 heteroatoms. The zero-order valence-corrected chi connectivity index (χ0v) is 11.2. The van der Waals surface area contributed by atoms with Gasteiger partial charge in [-0.25, -0.2) is 0 Å². The van der Waals surface area contributed by atoms with E-state index in [0.717, 1.165) is 16.5 Å². The summed E-state index contributed by atoms with van der Waals surface area (Å²) >= 11 is 0. The van der Waals surface area contributed by atoms with Crippen LogP contribution in [0.1, 0.15) is 18.9 Å². The van der Waals surface area contributed by atoms with Gasteiger partial charge in [0.15, 0.2) is 0 Å². The van der Waals surface area contributed by atoms with Crippen molar-refractivity contribution in [1.82, 2.24) is 5.32 Å². The Morgan fingerprint density at radius 1 is 1.42 bits per heavy atom. The number of furan rings is 1. The standard InChI is InChI=1S/C15H20N2O2/c1-11(8-16)9-17-15(18)7-6-12-10-19-14-5-3-2-4-13(12)14/h2-5,10-11H,6-9,16H2,1H3,(H,17,18). The molecule has 4 nitrogen and oxygen atoms in total. The minimum absolute atomic E-state index is 0.0607. The van der Waals surface area contributed by atoms with Gasteiger partial charge in [-0.05, 0) is 30.5 Å². The molecule has 1 atom stereocenters. The zero-order valence-electron chi connectivity index (χ0n) is 11.2. The van der Waals surface area contributed by atoms with Crippen molar-refractivity contribution in [2.75, 3.05) is 13.1 Å². The summed E-state index contributed by atoms with van der Waals surface area (Å²) in [5.74, 6) is 0.379. The number of para-hydroxylation sites is 1. The lowest BCUT2D eigenvalue weighted by molar-refractivity contribution is -0.121. The minimum atomic E-state index is 0.0607. The van der Waals surface area contributed by atoms with Gasteiger partial charge in [0.2, 0.25) is 5.91 Å². The molecule has 0 fully saturated rings. The highest BCUT2D eigenvalue weighted by Crippen LogP contribution is 2.21. The van der Waals surface area contributed by atoms with E-state index < -0.39 is 0 Å². The van der Waals surface area contributed by atoms with Crippen LogP contribution < -0.4 is 11.1 Å². The van der Waals surface area contributed by atoms with Crippen LogP contribution in [0.4, 0.5) is 0 Å². The normalized spacial score (nSPS) is 12.5. The molecule has 102 valence electrons. The van der Waals surface area contributed by atoms with Crippen molar-refractivity contribution in [2.24, 2.45) is 11.7 Å². The Hall–Kier alpha value is -1.81. The van der Waals surface area contributed by atoms with Crippen LogP contribution in [-0.2, 0) is 11.2 Å². The number of nitrogens with one attached hydrogen (secondary N) is 1. The van der Waals surface area contributed by atoms with Crippen LogP contribution in [-0.4, -0.2) is 19.0 Å². The number of aryl methyl sites for hydroxylation is 1. The number of amides is 1. The second kappa shape index (κ2) is 6.38. The fraction of sp³-hybridized carbons (Fsp3) is 0.400. The van der Waals surface area contributed by atoms with Gasteiger partial charge in [0.05, 0.1) is 6.26 Å². The van der Waals surface area contributed by atoms with Gasteiger partial charge in [-0.3, -0.25) is 4.79 Å². The first-order valence-electron chi connectivity index (χ1n) is 6.62. The predicted molar refractivity (Wildman–Crippen MR) is 75.8 cm³/mol. The fourth-order valence-electron chi connectivity index (χ4n) is 1.93. The van der Waals surface area contributed by atoms with Crippen LogP contribution in [0.5, 0.6) is 0 Å². The summed E-state index contributed by atoms with van der Waals surface area (Å²) in [6, 6.07) is 7.87. The average Bonchev–Trinajstić information content (AvgIpc) is 2.85. The third-order valence-electron chi connectivity index (χ3n) is 3.23. The van der Waals surface area contributed by atoms with Crippen molar-refractivity contribution in [3.05, 3.63) is 36.1 Å². The van der Waals surface area contributed by atoms with Crippen LogP contribution >= 0.6 is 0 Å². The lowest BCUT2D eigenvalue weighted by Gasteiger charge is -2.09. The molecular formula is C15H20N2O2. The van der Waals surface area contributed by atoms with Gasteiger partial charge in [0, 0.05) is 18.4 Å². The van der Waals surface area contributed by atoms with E-state index in [1.165, 1.54) is 0 Å². The van der Waals surface area contributed by atoms with E-state index in [-0.39, 0.29) is 5.91 Å². The number of hydrogen-bond donors (Lipinski definition) is 2. The molecule has 0 aliphatic carbocycles. The Kier molecular flexibility index (Phi) is 4.58. The summed E-state index contributed by atoms with van der Waals surface area (Å²) in [5.41, 5.74) is 7.46. The Bertz CT molecular complexity index is 548. The maximum absolute atomic E-state index is 11.7. The van der Waals surface area contributed by atoms with Crippen molar-refractivity contribution in [1.29, 1.82) is 0 Å². The maximum Gasteiger partial charge on any atom is 0.220 e. The van der Waals surface area contributed by atoms with Crippen LogP contribution in [0.15, 0.2) is 34.9 Å². The van der Waals surface area contributed by atoms with E-state index in [4.69, 9.17) is 10.2 Å². The fourth-order valence-corrected chi connectivity index (χ4v) is 1.93. The summed E-state index contributed by atoms with van der Waals surface area (Å²) in [4.78, 5) is 11.7. The molecule has 1 aromatic carbocycles. The third-order valence-corrected chi connectivity index (χ3v) is 3.23. The number of rotatable bonds is 6. The molecule has 0 saturated heterocycles. The van der Waals surface area contributed by atoms with Crippen molar-refractivity contribution >= 4 is 16.9 Å². The molecule has 0 bridgehead atoms. The molecular weight excluding hydrogens is 240 g/mol. The largest absolute Gasteiger partial charge is 0.464 e. The SMILES string of the molecule is CC(CN)CNC(=O)CCc1coc2ccccc12. The third kappa shape index (κ3) is 3.58. The van der Waals surface area contributed by atoms with Crippen molar-refractivity contribution in [3.8, 4) is 0 Å². The highest BCUT2D eigenvalue weighted by atomic mass is 16.3. The number of nitrogens with two attached hydrogens (primary N) is 1. The number of fused-ring (bicyclic) bond motifs is 1. The van der Waals surface area contributed by atoms with Crippen LogP contribution in [0.3, 0.4) is 0 Å². The molecule has 0 radical (unpaired) electrons. The van der Waals surface area contributed by atoms with Gasteiger partial charge in [-0.1, -0.05) is 25.1 Å². The van der Waals surface area contributed by atoms with E-state index in [1.54, 1.807) is 6.26 Å². The summed E-state index contributed by atoms with van der Waals surface area (Å²) in [6.45, 7) is 3.25. The first-order valence-corrected chi connectivity index (χ1v) is 6.62. The van der Waals surface area contributed by atoms with Crippen LogP contribution in [0.2, 0.25) is 0 Å². The maximum atomic E-state index is 11.7. The van der Waals surface area contributed by atoms with E-state index in [0.29, 0.717) is 31.8 Å². The van der Waals surface area contributed by atoms with E-state index in [9.17, 15) is 4.79 Å². The summed E-state index contributed by atoms with van der Waals surface area (Å²) in [6.07, 6.45) is 2.90. The second-order valence-electron chi connectivity index (χ2n) is 4.90. The van der Waals surface area contributed by atoms with Gasteiger partial charge in [-0.15, -0.1) is 0 Å². The number of carbonyl (C=O) groups excluding carboxylic acids is 1. The van der Waals surface area contributed by atoms with Gasteiger partial charge < -0.3 is 15.5 Å². The summed E-state index contributed by atoms with van der Waals surface area (Å²) in [5, 5.41) is 3.98. The molecule has 19 heavy (non-hydrogen) atoms. The average molecular weight is 260 g/mol. The van der Waals surface area contributed by atoms with Crippen LogP contribution in [0.25, 0.3) is 11.0 Å². The molecule has 2 rings (SSSR count). The lowest BCUT2D eigenvalue weighted by atomic mass is 10.1. The van der Waals surface area contributed by atoms with Gasteiger partial charge in [-0.2, -0.15) is 0 Å². The molecule has 1 aromatic heterocycles. The molecule has 0 aliphatic heterocycles. The van der Waals surface area contributed by atoms with Gasteiger partial charge in [0.25, 0.3) is 0 Å². The Morgan fingerprint density at radius 2 is 2.21 bits per heavy atom.